The number of pyridine rings is 1. The van der Waals surface area contributed by atoms with E-state index in [9.17, 15) is 14.4 Å². The SMILES string of the molecule is O=C(CCCCn1ccccc1=O)NCc1ccc(C(=O)O)cc1. The molecule has 24 heavy (non-hydrogen) atoms. The molecule has 2 aromatic rings. The van der Waals surface area contributed by atoms with Crippen molar-refractivity contribution in [3.05, 3.63) is 70.1 Å². The van der Waals surface area contributed by atoms with Crippen molar-refractivity contribution in [1.82, 2.24) is 9.88 Å². The number of rotatable bonds is 8. The number of benzene rings is 1. The molecule has 0 aliphatic heterocycles. The summed E-state index contributed by atoms with van der Waals surface area (Å²) >= 11 is 0. The van der Waals surface area contributed by atoms with E-state index < -0.39 is 5.97 Å². The molecule has 6 heteroatoms. The molecule has 2 rings (SSSR count). The maximum atomic E-state index is 11.8. The van der Waals surface area contributed by atoms with Crippen LogP contribution in [0, 0.1) is 0 Å². The van der Waals surface area contributed by atoms with Gasteiger partial charge >= 0.3 is 5.97 Å². The quantitative estimate of drug-likeness (QED) is 0.726. The molecule has 0 aliphatic rings. The Labute approximate surface area is 139 Å². The summed E-state index contributed by atoms with van der Waals surface area (Å²) in [4.78, 5) is 34.1. The minimum Gasteiger partial charge on any atom is -0.478 e. The Morgan fingerprint density at radius 2 is 1.79 bits per heavy atom. The average molecular weight is 328 g/mol. The molecule has 1 amide bonds. The van der Waals surface area contributed by atoms with Gasteiger partial charge in [-0.3, -0.25) is 9.59 Å². The Bertz CT molecular complexity index is 750. The molecule has 126 valence electrons. The first-order chi connectivity index (χ1) is 11.6. The van der Waals surface area contributed by atoms with Gasteiger partial charge in [0, 0.05) is 31.8 Å². The lowest BCUT2D eigenvalue weighted by atomic mass is 10.1. The van der Waals surface area contributed by atoms with E-state index in [0.717, 1.165) is 12.0 Å². The van der Waals surface area contributed by atoms with E-state index in [1.165, 1.54) is 18.2 Å². The Morgan fingerprint density at radius 3 is 2.46 bits per heavy atom. The molecule has 0 fully saturated rings. The van der Waals surface area contributed by atoms with Crippen LogP contribution >= 0.6 is 0 Å². The first-order valence-corrected chi connectivity index (χ1v) is 7.80. The molecule has 0 saturated carbocycles. The van der Waals surface area contributed by atoms with E-state index in [1.54, 1.807) is 29.0 Å². The topological polar surface area (TPSA) is 88.4 Å². The number of carbonyl (C=O) groups excluding carboxylic acids is 1. The fourth-order valence-electron chi connectivity index (χ4n) is 2.27. The van der Waals surface area contributed by atoms with Crippen LogP contribution in [0.15, 0.2) is 53.5 Å². The van der Waals surface area contributed by atoms with Gasteiger partial charge in [-0.15, -0.1) is 0 Å². The van der Waals surface area contributed by atoms with Gasteiger partial charge < -0.3 is 15.0 Å². The smallest absolute Gasteiger partial charge is 0.335 e. The molecule has 0 aliphatic carbocycles. The number of hydrogen-bond acceptors (Lipinski definition) is 3. The lowest BCUT2D eigenvalue weighted by Gasteiger charge is -2.07. The third-order valence-electron chi connectivity index (χ3n) is 3.64. The highest BCUT2D eigenvalue weighted by molar-refractivity contribution is 5.87. The van der Waals surface area contributed by atoms with Gasteiger partial charge in [0.25, 0.3) is 0 Å². The van der Waals surface area contributed by atoms with Crippen molar-refractivity contribution in [2.24, 2.45) is 0 Å². The van der Waals surface area contributed by atoms with Crippen LogP contribution in [0.4, 0.5) is 0 Å². The largest absolute Gasteiger partial charge is 0.478 e. The molecule has 0 spiro atoms. The van der Waals surface area contributed by atoms with E-state index in [4.69, 9.17) is 5.11 Å². The number of aryl methyl sites for hydroxylation is 1. The van der Waals surface area contributed by atoms with Gasteiger partial charge in [0.1, 0.15) is 0 Å². The number of nitrogens with zero attached hydrogens (tertiary/aromatic N) is 1. The summed E-state index contributed by atoms with van der Waals surface area (Å²) in [7, 11) is 0. The van der Waals surface area contributed by atoms with Crippen LogP contribution in [-0.2, 0) is 17.9 Å². The molecule has 0 bridgehead atoms. The summed E-state index contributed by atoms with van der Waals surface area (Å²) in [5.74, 6) is -1.03. The number of carbonyl (C=O) groups is 2. The zero-order valence-electron chi connectivity index (χ0n) is 13.3. The zero-order chi connectivity index (χ0) is 17.4. The number of aromatic carboxylic acids is 1. The molecule has 1 aromatic heterocycles. The number of unbranched alkanes of at least 4 members (excludes halogenated alkanes) is 1. The summed E-state index contributed by atoms with van der Waals surface area (Å²) < 4.78 is 1.63. The number of amides is 1. The highest BCUT2D eigenvalue weighted by atomic mass is 16.4. The van der Waals surface area contributed by atoms with Gasteiger partial charge in [-0.2, -0.15) is 0 Å². The fourth-order valence-corrected chi connectivity index (χ4v) is 2.27. The first-order valence-electron chi connectivity index (χ1n) is 7.80. The van der Waals surface area contributed by atoms with Gasteiger partial charge in [-0.1, -0.05) is 18.2 Å². The Kier molecular flexibility index (Phi) is 6.31. The van der Waals surface area contributed by atoms with E-state index in [-0.39, 0.29) is 17.0 Å². The third-order valence-corrected chi connectivity index (χ3v) is 3.64. The number of carboxylic acid groups (broad SMARTS) is 1. The average Bonchev–Trinajstić information content (AvgIpc) is 2.58. The maximum Gasteiger partial charge on any atom is 0.335 e. The van der Waals surface area contributed by atoms with Crippen LogP contribution in [0.1, 0.15) is 35.2 Å². The minimum absolute atomic E-state index is 0.0354. The molecule has 0 atom stereocenters. The van der Waals surface area contributed by atoms with Crippen molar-refractivity contribution in [1.29, 1.82) is 0 Å². The standard InChI is InChI=1S/C18H20N2O4/c21-16(5-1-3-11-20-12-4-2-6-17(20)22)19-13-14-7-9-15(10-8-14)18(23)24/h2,4,6-10,12H,1,3,5,11,13H2,(H,19,21)(H,23,24). The minimum atomic E-state index is -0.969. The van der Waals surface area contributed by atoms with Gasteiger partial charge in [-0.25, -0.2) is 4.79 Å². The second-order valence-electron chi connectivity index (χ2n) is 5.47. The maximum absolute atomic E-state index is 11.8. The van der Waals surface area contributed by atoms with Crippen molar-refractivity contribution in [3.63, 3.8) is 0 Å². The number of hydrogen-bond donors (Lipinski definition) is 2. The second-order valence-corrected chi connectivity index (χ2v) is 5.47. The van der Waals surface area contributed by atoms with E-state index >= 15 is 0 Å². The van der Waals surface area contributed by atoms with E-state index in [1.807, 2.05) is 6.07 Å². The summed E-state index contributed by atoms with van der Waals surface area (Å²) in [5, 5.41) is 11.6. The number of nitrogens with one attached hydrogen (secondary N) is 1. The highest BCUT2D eigenvalue weighted by Gasteiger charge is 2.04. The van der Waals surface area contributed by atoms with Gasteiger partial charge in [-0.05, 0) is 36.6 Å². The molecule has 6 nitrogen and oxygen atoms in total. The zero-order valence-corrected chi connectivity index (χ0v) is 13.3. The summed E-state index contributed by atoms with van der Waals surface area (Å²) in [5.41, 5.74) is 1.04. The van der Waals surface area contributed by atoms with Crippen LogP contribution in [-0.4, -0.2) is 21.6 Å². The van der Waals surface area contributed by atoms with Gasteiger partial charge in [0.15, 0.2) is 0 Å². The van der Waals surface area contributed by atoms with Gasteiger partial charge in [0.2, 0.25) is 11.5 Å². The van der Waals surface area contributed by atoms with Crippen LogP contribution in [0.5, 0.6) is 0 Å². The van der Waals surface area contributed by atoms with Gasteiger partial charge in [0.05, 0.1) is 5.56 Å². The normalized spacial score (nSPS) is 10.3. The first kappa shape index (κ1) is 17.5. The van der Waals surface area contributed by atoms with Crippen LogP contribution in [0.3, 0.4) is 0 Å². The number of carboxylic acids is 1. The van der Waals surface area contributed by atoms with Crippen molar-refractivity contribution in [3.8, 4) is 0 Å². The highest BCUT2D eigenvalue weighted by Crippen LogP contribution is 2.05. The molecule has 0 unspecified atom stereocenters. The Balaban J connectivity index is 1.67. The lowest BCUT2D eigenvalue weighted by molar-refractivity contribution is -0.121. The molecular weight excluding hydrogens is 308 g/mol. The van der Waals surface area contributed by atoms with Crippen molar-refractivity contribution >= 4 is 11.9 Å². The number of aromatic nitrogens is 1. The Morgan fingerprint density at radius 1 is 1.04 bits per heavy atom. The molecule has 1 heterocycles. The summed E-state index contributed by atoms with van der Waals surface area (Å²) in [6.45, 7) is 0.973. The lowest BCUT2D eigenvalue weighted by Crippen LogP contribution is -2.23. The third kappa shape index (κ3) is 5.39. The fraction of sp³-hybridized carbons (Fsp3) is 0.278. The Hall–Kier alpha value is -2.89. The molecule has 0 radical (unpaired) electrons. The van der Waals surface area contributed by atoms with E-state index in [2.05, 4.69) is 5.32 Å². The van der Waals surface area contributed by atoms with Crippen LogP contribution in [0.2, 0.25) is 0 Å². The van der Waals surface area contributed by atoms with Crippen LogP contribution in [0.25, 0.3) is 0 Å². The van der Waals surface area contributed by atoms with Crippen molar-refractivity contribution in [2.45, 2.75) is 32.4 Å². The summed E-state index contributed by atoms with van der Waals surface area (Å²) in [6, 6.07) is 11.4. The second kappa shape index (κ2) is 8.67. The molecule has 0 saturated heterocycles. The summed E-state index contributed by atoms with van der Waals surface area (Å²) in [6.07, 6.45) is 3.59. The molecule has 1 aromatic carbocycles. The monoisotopic (exact) mass is 328 g/mol. The predicted octanol–water partition coefficient (Wildman–Crippen LogP) is 2.03. The van der Waals surface area contributed by atoms with Crippen molar-refractivity contribution in [2.75, 3.05) is 0 Å². The molecule has 2 N–H and O–H groups in total. The van der Waals surface area contributed by atoms with Crippen molar-refractivity contribution < 1.29 is 14.7 Å². The van der Waals surface area contributed by atoms with E-state index in [0.29, 0.717) is 25.9 Å². The van der Waals surface area contributed by atoms with Crippen LogP contribution < -0.4 is 10.9 Å². The predicted molar refractivity (Wildman–Crippen MR) is 89.8 cm³/mol. The molecular formula is C18H20N2O4.